The second kappa shape index (κ2) is 4.96. The molecule has 0 aliphatic carbocycles. The Hall–Kier alpha value is -2.37. The van der Waals surface area contributed by atoms with Crippen LogP contribution in [0.15, 0.2) is 30.3 Å². The van der Waals surface area contributed by atoms with E-state index in [0.29, 0.717) is 0 Å². The summed E-state index contributed by atoms with van der Waals surface area (Å²) in [6.07, 6.45) is 0.0887. The monoisotopic (exact) mass is 276 g/mol. The van der Waals surface area contributed by atoms with Gasteiger partial charge in [0, 0.05) is 6.42 Å². The molecule has 0 aromatic heterocycles. The number of aliphatic carboxylic acids is 1. The number of carboxylic acid groups (broad SMARTS) is 1. The van der Waals surface area contributed by atoms with E-state index in [9.17, 15) is 19.5 Å². The third-order valence-electron chi connectivity index (χ3n) is 3.26. The van der Waals surface area contributed by atoms with Crippen LogP contribution in [0.2, 0.25) is 0 Å². The highest BCUT2D eigenvalue weighted by atomic mass is 16.4. The number of imide groups is 1. The average Bonchev–Trinajstić information content (AvgIpc) is 2.57. The van der Waals surface area contributed by atoms with Crippen LogP contribution in [0.25, 0.3) is 0 Å². The van der Waals surface area contributed by atoms with Gasteiger partial charge in [-0.2, -0.15) is 0 Å². The third-order valence-corrected chi connectivity index (χ3v) is 3.26. The Bertz CT molecular complexity index is 554. The summed E-state index contributed by atoms with van der Waals surface area (Å²) >= 11 is 0. The first-order valence-corrected chi connectivity index (χ1v) is 6.25. The predicted octanol–water partition coefficient (Wildman–Crippen LogP) is 1.01. The Kier molecular flexibility index (Phi) is 3.48. The van der Waals surface area contributed by atoms with Crippen LogP contribution in [0.3, 0.4) is 0 Å². The summed E-state index contributed by atoms with van der Waals surface area (Å²) in [5.74, 6) is -1.72. The summed E-state index contributed by atoms with van der Waals surface area (Å²) in [5.41, 5.74) is -0.313. The lowest BCUT2D eigenvalue weighted by atomic mass is 10.0. The molecule has 1 aromatic rings. The van der Waals surface area contributed by atoms with E-state index in [2.05, 4.69) is 5.32 Å². The van der Waals surface area contributed by atoms with Crippen LogP contribution < -0.4 is 5.32 Å². The van der Waals surface area contributed by atoms with Crippen LogP contribution in [0.4, 0.5) is 4.79 Å². The van der Waals surface area contributed by atoms with Gasteiger partial charge in [0.1, 0.15) is 11.6 Å². The molecule has 0 spiro atoms. The van der Waals surface area contributed by atoms with E-state index in [0.717, 1.165) is 10.5 Å². The number of carbonyl (C=O) groups is 3. The maximum Gasteiger partial charge on any atom is 0.327 e. The second-order valence-corrected chi connectivity index (χ2v) is 5.27. The lowest BCUT2D eigenvalue weighted by Crippen LogP contribution is -2.48. The molecule has 3 amide bonds. The number of nitrogens with zero attached hydrogens (tertiary/aromatic N) is 1. The Morgan fingerprint density at radius 1 is 1.30 bits per heavy atom. The maximum absolute atomic E-state index is 12.2. The number of carboxylic acids is 1. The van der Waals surface area contributed by atoms with Crippen LogP contribution >= 0.6 is 0 Å². The minimum absolute atomic E-state index is 0.0887. The highest BCUT2D eigenvalue weighted by Gasteiger charge is 2.49. The first-order chi connectivity index (χ1) is 9.33. The highest BCUT2D eigenvalue weighted by Crippen LogP contribution is 2.21. The molecule has 1 atom stereocenters. The third kappa shape index (κ3) is 2.49. The van der Waals surface area contributed by atoms with Crippen LogP contribution in [-0.2, 0) is 16.0 Å². The molecule has 1 aromatic carbocycles. The van der Waals surface area contributed by atoms with Gasteiger partial charge in [0.15, 0.2) is 0 Å². The van der Waals surface area contributed by atoms with Gasteiger partial charge in [-0.3, -0.25) is 4.79 Å². The quantitative estimate of drug-likeness (QED) is 0.804. The van der Waals surface area contributed by atoms with Gasteiger partial charge < -0.3 is 10.4 Å². The Labute approximate surface area is 116 Å². The largest absolute Gasteiger partial charge is 0.480 e. The SMILES string of the molecule is CC1(C)NC(=O)N([C@@H](Cc2ccccc2)C(=O)O)C1=O. The van der Waals surface area contributed by atoms with Crippen molar-refractivity contribution in [1.29, 1.82) is 0 Å². The van der Waals surface area contributed by atoms with E-state index in [1.807, 2.05) is 6.07 Å². The number of nitrogens with one attached hydrogen (secondary N) is 1. The maximum atomic E-state index is 12.2. The van der Waals surface area contributed by atoms with Crippen molar-refractivity contribution in [1.82, 2.24) is 10.2 Å². The Balaban J connectivity index is 2.28. The highest BCUT2D eigenvalue weighted by molar-refractivity contribution is 6.08. The fourth-order valence-corrected chi connectivity index (χ4v) is 2.18. The molecule has 0 saturated carbocycles. The zero-order chi connectivity index (χ0) is 14.9. The number of hydrogen-bond donors (Lipinski definition) is 2. The van der Waals surface area contributed by atoms with E-state index < -0.39 is 29.5 Å². The second-order valence-electron chi connectivity index (χ2n) is 5.27. The smallest absolute Gasteiger partial charge is 0.327 e. The minimum atomic E-state index is -1.20. The van der Waals surface area contributed by atoms with Crippen molar-refractivity contribution >= 4 is 17.9 Å². The van der Waals surface area contributed by atoms with Crippen molar-refractivity contribution in [2.45, 2.75) is 31.8 Å². The van der Waals surface area contributed by atoms with Crippen LogP contribution in [0, 0.1) is 0 Å². The first kappa shape index (κ1) is 14.0. The molecule has 0 radical (unpaired) electrons. The van der Waals surface area contributed by atoms with E-state index in [-0.39, 0.29) is 6.42 Å². The molecule has 0 bridgehead atoms. The molecule has 106 valence electrons. The lowest BCUT2D eigenvalue weighted by molar-refractivity contribution is -0.147. The molecule has 2 N–H and O–H groups in total. The van der Waals surface area contributed by atoms with Crippen molar-refractivity contribution in [3.63, 3.8) is 0 Å². The number of urea groups is 1. The Morgan fingerprint density at radius 2 is 1.90 bits per heavy atom. The molecule has 1 saturated heterocycles. The van der Waals surface area contributed by atoms with Crippen molar-refractivity contribution in [3.05, 3.63) is 35.9 Å². The van der Waals surface area contributed by atoms with Gasteiger partial charge in [0.25, 0.3) is 5.91 Å². The van der Waals surface area contributed by atoms with Crippen molar-refractivity contribution in [2.75, 3.05) is 0 Å². The van der Waals surface area contributed by atoms with E-state index in [4.69, 9.17) is 0 Å². The number of rotatable bonds is 4. The molecule has 1 fully saturated rings. The Morgan fingerprint density at radius 3 is 2.35 bits per heavy atom. The summed E-state index contributed by atoms with van der Waals surface area (Å²) in [7, 11) is 0. The van der Waals surface area contributed by atoms with Gasteiger partial charge >= 0.3 is 12.0 Å². The molecule has 2 rings (SSSR count). The molecule has 20 heavy (non-hydrogen) atoms. The van der Waals surface area contributed by atoms with Gasteiger partial charge in [-0.15, -0.1) is 0 Å². The fraction of sp³-hybridized carbons (Fsp3) is 0.357. The molecule has 1 aliphatic rings. The standard InChI is InChI=1S/C14H16N2O4/c1-14(2)12(19)16(13(20)15-14)10(11(17)18)8-9-6-4-3-5-7-9/h3-7,10H,8H2,1-2H3,(H,15,20)(H,17,18)/t10-/m0/s1. The number of benzene rings is 1. The fourth-order valence-electron chi connectivity index (χ4n) is 2.18. The first-order valence-electron chi connectivity index (χ1n) is 6.25. The van der Waals surface area contributed by atoms with Crippen LogP contribution in [0.5, 0.6) is 0 Å². The summed E-state index contributed by atoms with van der Waals surface area (Å²) in [5, 5.41) is 11.8. The number of hydrogen-bond acceptors (Lipinski definition) is 3. The van der Waals surface area contributed by atoms with E-state index in [1.165, 1.54) is 0 Å². The number of carbonyl (C=O) groups excluding carboxylic acids is 2. The molecule has 1 heterocycles. The molecule has 0 unspecified atom stereocenters. The van der Waals surface area contributed by atoms with Crippen molar-refractivity contribution in [2.24, 2.45) is 0 Å². The van der Waals surface area contributed by atoms with Crippen molar-refractivity contribution < 1.29 is 19.5 Å². The minimum Gasteiger partial charge on any atom is -0.480 e. The summed E-state index contributed by atoms with van der Waals surface area (Å²) in [6, 6.07) is 7.04. The average molecular weight is 276 g/mol. The van der Waals surface area contributed by atoms with Gasteiger partial charge in [-0.05, 0) is 19.4 Å². The molecule has 6 heteroatoms. The van der Waals surface area contributed by atoms with Gasteiger partial charge in [0.2, 0.25) is 0 Å². The molecular formula is C14H16N2O4. The zero-order valence-corrected chi connectivity index (χ0v) is 11.3. The van der Waals surface area contributed by atoms with Gasteiger partial charge in [-0.1, -0.05) is 30.3 Å². The van der Waals surface area contributed by atoms with E-state index >= 15 is 0 Å². The lowest BCUT2D eigenvalue weighted by Gasteiger charge is -2.22. The van der Waals surface area contributed by atoms with Crippen molar-refractivity contribution in [3.8, 4) is 0 Å². The van der Waals surface area contributed by atoms with Gasteiger partial charge in [-0.25, -0.2) is 14.5 Å². The summed E-state index contributed by atoms with van der Waals surface area (Å²) < 4.78 is 0. The number of amides is 3. The predicted molar refractivity (Wildman–Crippen MR) is 71.0 cm³/mol. The van der Waals surface area contributed by atoms with E-state index in [1.54, 1.807) is 38.1 Å². The normalized spacial score (nSPS) is 18.8. The molecule has 6 nitrogen and oxygen atoms in total. The van der Waals surface area contributed by atoms with Crippen LogP contribution in [0.1, 0.15) is 19.4 Å². The molecule has 1 aliphatic heterocycles. The summed E-state index contributed by atoms with van der Waals surface area (Å²) in [4.78, 5) is 36.2. The van der Waals surface area contributed by atoms with Gasteiger partial charge in [0.05, 0.1) is 0 Å². The van der Waals surface area contributed by atoms with Crippen LogP contribution in [-0.4, -0.2) is 39.5 Å². The summed E-state index contributed by atoms with van der Waals surface area (Å²) in [6.45, 7) is 3.10. The zero-order valence-electron chi connectivity index (χ0n) is 11.3. The molecular weight excluding hydrogens is 260 g/mol. The topological polar surface area (TPSA) is 86.7 Å².